The molecule has 0 saturated heterocycles. The minimum Gasteiger partial charge on any atom is -0.495 e. The molecule has 0 aromatic heterocycles. The minimum atomic E-state index is -3.65. The van der Waals surface area contributed by atoms with E-state index >= 15 is 0 Å². The van der Waals surface area contributed by atoms with E-state index in [4.69, 9.17) is 16.3 Å². The van der Waals surface area contributed by atoms with Crippen LogP contribution in [0.2, 0.25) is 5.02 Å². The summed E-state index contributed by atoms with van der Waals surface area (Å²) in [7, 11) is -2.18. The molecule has 8 heteroatoms. The summed E-state index contributed by atoms with van der Waals surface area (Å²) >= 11 is 5.96. The number of nitrogens with zero attached hydrogens (tertiary/aromatic N) is 1. The summed E-state index contributed by atoms with van der Waals surface area (Å²) in [5.74, 6) is -0.0720. The number of anilines is 2. The Morgan fingerprint density at radius 3 is 2.50 bits per heavy atom. The topological polar surface area (TPSA) is 75.7 Å². The number of rotatable bonds is 6. The molecule has 0 aliphatic carbocycles. The van der Waals surface area contributed by atoms with Crippen LogP contribution in [0.15, 0.2) is 36.4 Å². The van der Waals surface area contributed by atoms with Crippen molar-refractivity contribution in [2.24, 2.45) is 0 Å². The molecular weight excluding hydrogens is 376 g/mol. The van der Waals surface area contributed by atoms with Crippen LogP contribution >= 0.6 is 11.6 Å². The molecule has 0 atom stereocenters. The van der Waals surface area contributed by atoms with Gasteiger partial charge in [-0.1, -0.05) is 23.7 Å². The average Bonchev–Trinajstić information content (AvgIpc) is 2.54. The minimum absolute atomic E-state index is 0.362. The van der Waals surface area contributed by atoms with Gasteiger partial charge in [0.05, 0.1) is 24.7 Å². The van der Waals surface area contributed by atoms with Gasteiger partial charge < -0.3 is 10.1 Å². The molecule has 0 bridgehead atoms. The Kier molecular flexibility index (Phi) is 6.15. The molecule has 0 aliphatic rings. The first-order chi connectivity index (χ1) is 12.1. The highest BCUT2D eigenvalue weighted by molar-refractivity contribution is 7.92. The number of ether oxygens (including phenoxy) is 1. The Labute approximate surface area is 158 Å². The van der Waals surface area contributed by atoms with Crippen LogP contribution in [0, 0.1) is 13.8 Å². The second-order valence-corrected chi connectivity index (χ2v) is 8.30. The molecule has 0 heterocycles. The Morgan fingerprint density at radius 1 is 1.19 bits per heavy atom. The third-order valence-electron chi connectivity index (χ3n) is 3.76. The van der Waals surface area contributed by atoms with Gasteiger partial charge in [-0.3, -0.25) is 9.10 Å². The number of sulfonamides is 1. The van der Waals surface area contributed by atoms with Gasteiger partial charge in [0, 0.05) is 5.02 Å². The molecule has 2 aromatic carbocycles. The molecule has 2 aromatic rings. The number of carbonyl (C=O) groups excluding carboxylic acids is 1. The molecule has 0 radical (unpaired) electrons. The normalized spacial score (nSPS) is 11.1. The zero-order valence-electron chi connectivity index (χ0n) is 15.0. The highest BCUT2D eigenvalue weighted by atomic mass is 35.5. The van der Waals surface area contributed by atoms with Crippen molar-refractivity contribution in [3.05, 3.63) is 52.5 Å². The summed E-state index contributed by atoms with van der Waals surface area (Å²) in [6.45, 7) is 3.30. The van der Waals surface area contributed by atoms with Gasteiger partial charge in [-0.15, -0.1) is 0 Å². The number of benzene rings is 2. The lowest BCUT2D eigenvalue weighted by molar-refractivity contribution is -0.114. The lowest BCUT2D eigenvalue weighted by Crippen LogP contribution is -2.38. The number of hydrogen-bond donors (Lipinski definition) is 1. The van der Waals surface area contributed by atoms with Gasteiger partial charge >= 0.3 is 0 Å². The standard InChI is InChI=1S/C18H21ClN2O4S/c1-12-5-6-13(2)16(9-12)21(26(4,23)24)11-18(22)20-15-10-14(19)7-8-17(15)25-3/h5-10H,11H2,1-4H3,(H,20,22). The zero-order chi connectivity index (χ0) is 19.5. The molecule has 2 rings (SSSR count). The first kappa shape index (κ1) is 20.1. The van der Waals surface area contributed by atoms with Gasteiger partial charge in [-0.05, 0) is 49.2 Å². The van der Waals surface area contributed by atoms with Gasteiger partial charge in [0.25, 0.3) is 0 Å². The van der Waals surface area contributed by atoms with Gasteiger partial charge in [0.1, 0.15) is 12.3 Å². The molecule has 0 unspecified atom stereocenters. The average molecular weight is 397 g/mol. The largest absolute Gasteiger partial charge is 0.495 e. The van der Waals surface area contributed by atoms with Crippen molar-refractivity contribution >= 4 is 38.9 Å². The highest BCUT2D eigenvalue weighted by Gasteiger charge is 2.23. The van der Waals surface area contributed by atoms with E-state index in [0.29, 0.717) is 22.1 Å². The smallest absolute Gasteiger partial charge is 0.245 e. The van der Waals surface area contributed by atoms with Crippen LogP contribution in [-0.2, 0) is 14.8 Å². The molecule has 6 nitrogen and oxygen atoms in total. The van der Waals surface area contributed by atoms with Crippen LogP contribution in [0.1, 0.15) is 11.1 Å². The van der Waals surface area contributed by atoms with Crippen LogP contribution in [0.5, 0.6) is 5.75 Å². The highest BCUT2D eigenvalue weighted by Crippen LogP contribution is 2.28. The maximum absolute atomic E-state index is 12.5. The number of nitrogens with one attached hydrogen (secondary N) is 1. The number of amides is 1. The van der Waals surface area contributed by atoms with E-state index in [1.807, 2.05) is 19.1 Å². The fourth-order valence-corrected chi connectivity index (χ4v) is 3.55. The van der Waals surface area contributed by atoms with E-state index in [1.165, 1.54) is 7.11 Å². The van der Waals surface area contributed by atoms with Crippen molar-refractivity contribution in [1.29, 1.82) is 0 Å². The second-order valence-electron chi connectivity index (χ2n) is 5.95. The maximum Gasteiger partial charge on any atom is 0.245 e. The third-order valence-corrected chi connectivity index (χ3v) is 5.12. The summed E-state index contributed by atoms with van der Waals surface area (Å²) in [6.07, 6.45) is 1.07. The first-order valence-corrected chi connectivity index (χ1v) is 10.0. The summed E-state index contributed by atoms with van der Waals surface area (Å²) in [5, 5.41) is 3.08. The van der Waals surface area contributed by atoms with Crippen LogP contribution in [0.4, 0.5) is 11.4 Å². The molecule has 140 valence electrons. The number of hydrogen-bond acceptors (Lipinski definition) is 4. The molecule has 1 amide bonds. The van der Waals surface area contributed by atoms with Crippen molar-refractivity contribution in [2.45, 2.75) is 13.8 Å². The Morgan fingerprint density at radius 2 is 1.88 bits per heavy atom. The predicted molar refractivity (Wildman–Crippen MR) is 105 cm³/mol. The molecular formula is C18H21ClN2O4S. The Balaban J connectivity index is 2.31. The van der Waals surface area contributed by atoms with Crippen LogP contribution in [0.3, 0.4) is 0 Å². The lowest BCUT2D eigenvalue weighted by Gasteiger charge is -2.24. The Hall–Kier alpha value is -2.25. The van der Waals surface area contributed by atoms with E-state index in [-0.39, 0.29) is 6.54 Å². The molecule has 0 aliphatic heterocycles. The van der Waals surface area contributed by atoms with Crippen LogP contribution < -0.4 is 14.4 Å². The molecule has 26 heavy (non-hydrogen) atoms. The number of methoxy groups -OCH3 is 1. The SMILES string of the molecule is COc1ccc(Cl)cc1NC(=O)CN(c1cc(C)ccc1C)S(C)(=O)=O. The van der Waals surface area contributed by atoms with Crippen LogP contribution in [0.25, 0.3) is 0 Å². The molecule has 1 N–H and O–H groups in total. The number of carbonyl (C=O) groups is 1. The predicted octanol–water partition coefficient (Wildman–Crippen LogP) is 3.37. The lowest BCUT2D eigenvalue weighted by atomic mass is 10.1. The third kappa shape index (κ3) is 4.89. The Bertz CT molecular complexity index is 929. The van der Waals surface area contributed by atoms with Crippen molar-refractivity contribution in [1.82, 2.24) is 0 Å². The van der Waals surface area contributed by atoms with Crippen molar-refractivity contribution < 1.29 is 17.9 Å². The van der Waals surface area contributed by atoms with Crippen molar-refractivity contribution in [3.63, 3.8) is 0 Å². The molecule has 0 saturated carbocycles. The van der Waals surface area contributed by atoms with Gasteiger partial charge in [0.15, 0.2) is 0 Å². The second kappa shape index (κ2) is 7.97. The fourth-order valence-electron chi connectivity index (χ4n) is 2.47. The van der Waals surface area contributed by atoms with Gasteiger partial charge in [-0.2, -0.15) is 0 Å². The quantitative estimate of drug-likeness (QED) is 0.812. The summed E-state index contributed by atoms with van der Waals surface area (Å²) in [6, 6.07) is 10.2. The number of halogens is 1. The van der Waals surface area contributed by atoms with Gasteiger partial charge in [0.2, 0.25) is 15.9 Å². The number of aryl methyl sites for hydroxylation is 2. The van der Waals surface area contributed by atoms with E-state index in [9.17, 15) is 13.2 Å². The molecule has 0 fully saturated rings. The van der Waals surface area contributed by atoms with E-state index in [2.05, 4.69) is 5.32 Å². The van der Waals surface area contributed by atoms with Crippen molar-refractivity contribution in [3.8, 4) is 5.75 Å². The summed E-state index contributed by atoms with van der Waals surface area (Å²) < 4.78 is 30.8. The van der Waals surface area contributed by atoms with E-state index in [0.717, 1.165) is 21.7 Å². The maximum atomic E-state index is 12.5. The fraction of sp³-hybridized carbons (Fsp3) is 0.278. The van der Waals surface area contributed by atoms with E-state index < -0.39 is 15.9 Å². The first-order valence-electron chi connectivity index (χ1n) is 7.80. The van der Waals surface area contributed by atoms with Crippen molar-refractivity contribution in [2.75, 3.05) is 29.5 Å². The van der Waals surface area contributed by atoms with E-state index in [1.54, 1.807) is 31.2 Å². The zero-order valence-corrected chi connectivity index (χ0v) is 16.6. The molecule has 0 spiro atoms. The van der Waals surface area contributed by atoms with Gasteiger partial charge in [-0.25, -0.2) is 8.42 Å². The van der Waals surface area contributed by atoms with Crippen LogP contribution in [-0.4, -0.2) is 34.2 Å². The summed E-state index contributed by atoms with van der Waals surface area (Å²) in [4.78, 5) is 12.5. The monoisotopic (exact) mass is 396 g/mol. The summed E-state index contributed by atoms with van der Waals surface area (Å²) in [5.41, 5.74) is 2.51.